The molecule has 0 aliphatic carbocycles. The van der Waals surface area contributed by atoms with Gasteiger partial charge in [-0.25, -0.2) is 4.98 Å². The average molecular weight is 373 g/mol. The molecule has 28 heavy (non-hydrogen) atoms. The summed E-state index contributed by atoms with van der Waals surface area (Å²) in [6.45, 7) is 4.04. The van der Waals surface area contributed by atoms with Gasteiger partial charge in [0.15, 0.2) is 11.5 Å². The topological polar surface area (TPSA) is 77.2 Å². The van der Waals surface area contributed by atoms with Gasteiger partial charge >= 0.3 is 0 Å². The Kier molecular flexibility index (Phi) is 4.76. The van der Waals surface area contributed by atoms with Gasteiger partial charge in [-0.1, -0.05) is 19.9 Å². The number of nitrogens with zero attached hydrogens (tertiary/aromatic N) is 2. The van der Waals surface area contributed by atoms with Crippen LogP contribution in [0.5, 0.6) is 11.5 Å². The average Bonchev–Trinajstić information content (AvgIpc) is 3.13. The Labute approximate surface area is 162 Å². The number of carbonyl (C=O) groups is 1. The second-order valence-electron chi connectivity index (χ2n) is 6.66. The maximum atomic E-state index is 12.6. The fourth-order valence-corrected chi connectivity index (χ4v) is 2.72. The summed E-state index contributed by atoms with van der Waals surface area (Å²) in [6, 6.07) is 15.9. The third kappa shape index (κ3) is 3.86. The molecule has 0 bridgehead atoms. The Morgan fingerprint density at radius 1 is 1.04 bits per heavy atom. The highest BCUT2D eigenvalue weighted by Gasteiger charge is 2.12. The van der Waals surface area contributed by atoms with E-state index in [0.29, 0.717) is 34.2 Å². The molecule has 1 amide bonds. The quantitative estimate of drug-likeness (QED) is 0.507. The van der Waals surface area contributed by atoms with Crippen molar-refractivity contribution in [1.29, 1.82) is 0 Å². The van der Waals surface area contributed by atoms with E-state index in [-0.39, 0.29) is 11.8 Å². The van der Waals surface area contributed by atoms with Gasteiger partial charge in [-0.2, -0.15) is 0 Å². The second-order valence-corrected chi connectivity index (χ2v) is 6.66. The van der Waals surface area contributed by atoms with Gasteiger partial charge in [-0.15, -0.1) is 0 Å². The highest BCUT2D eigenvalue weighted by molar-refractivity contribution is 6.05. The van der Waals surface area contributed by atoms with Crippen LogP contribution < -0.4 is 10.1 Å². The summed E-state index contributed by atoms with van der Waals surface area (Å²) in [6.07, 6.45) is 3.30. The van der Waals surface area contributed by atoms with E-state index in [9.17, 15) is 4.79 Å². The summed E-state index contributed by atoms with van der Waals surface area (Å²) in [7, 11) is 0. The third-order valence-corrected chi connectivity index (χ3v) is 4.14. The first-order chi connectivity index (χ1) is 13.6. The SMILES string of the molecule is CC(C)c1nc2cc(NC(=O)c3cccc(Oc4ccncc4)c3)ccc2o1. The number of oxazole rings is 1. The molecular formula is C22H19N3O3. The fraction of sp³-hybridized carbons (Fsp3) is 0.136. The van der Waals surface area contributed by atoms with E-state index in [1.807, 2.05) is 19.9 Å². The maximum Gasteiger partial charge on any atom is 0.255 e. The molecule has 1 N–H and O–H groups in total. The molecule has 2 heterocycles. The van der Waals surface area contributed by atoms with Gasteiger partial charge < -0.3 is 14.5 Å². The van der Waals surface area contributed by atoms with Gasteiger partial charge in [0.05, 0.1) is 0 Å². The van der Waals surface area contributed by atoms with Crippen LogP contribution in [0.1, 0.15) is 36.0 Å². The standard InChI is InChI=1S/C22H19N3O3/c1-14(2)22-25-19-13-16(6-7-20(19)28-22)24-21(26)15-4-3-5-18(12-15)27-17-8-10-23-11-9-17/h3-14H,1-2H3,(H,24,26). The largest absolute Gasteiger partial charge is 0.457 e. The number of fused-ring (bicyclic) bond motifs is 1. The Hall–Kier alpha value is -3.67. The molecule has 2 aromatic heterocycles. The van der Waals surface area contributed by atoms with Gasteiger partial charge in [-0.05, 0) is 48.5 Å². The third-order valence-electron chi connectivity index (χ3n) is 4.14. The summed E-state index contributed by atoms with van der Waals surface area (Å²) in [5.74, 6) is 1.89. The molecule has 0 atom stereocenters. The zero-order valence-corrected chi connectivity index (χ0v) is 15.5. The molecule has 0 radical (unpaired) electrons. The Balaban J connectivity index is 1.52. The minimum atomic E-state index is -0.230. The smallest absolute Gasteiger partial charge is 0.255 e. The molecule has 0 fully saturated rings. The first-order valence-corrected chi connectivity index (χ1v) is 8.98. The van der Waals surface area contributed by atoms with Crippen molar-refractivity contribution in [3.63, 3.8) is 0 Å². The highest BCUT2D eigenvalue weighted by atomic mass is 16.5. The van der Waals surface area contributed by atoms with Crippen LogP contribution in [-0.2, 0) is 0 Å². The summed E-state index contributed by atoms with van der Waals surface area (Å²) in [5.41, 5.74) is 2.57. The monoisotopic (exact) mass is 373 g/mol. The van der Waals surface area contributed by atoms with E-state index in [2.05, 4.69) is 15.3 Å². The van der Waals surface area contributed by atoms with Crippen LogP contribution in [0, 0.1) is 0 Å². The Bertz CT molecular complexity index is 1120. The van der Waals surface area contributed by atoms with E-state index < -0.39 is 0 Å². The van der Waals surface area contributed by atoms with E-state index in [0.717, 1.165) is 5.52 Å². The molecule has 0 aliphatic rings. The number of benzene rings is 2. The lowest BCUT2D eigenvalue weighted by molar-refractivity contribution is 0.102. The maximum absolute atomic E-state index is 12.6. The summed E-state index contributed by atoms with van der Waals surface area (Å²) < 4.78 is 11.5. The predicted molar refractivity (Wildman–Crippen MR) is 107 cm³/mol. The lowest BCUT2D eigenvalue weighted by Gasteiger charge is -2.08. The van der Waals surface area contributed by atoms with E-state index in [1.165, 1.54) is 0 Å². The molecule has 0 spiro atoms. The van der Waals surface area contributed by atoms with Crippen molar-refractivity contribution in [1.82, 2.24) is 9.97 Å². The van der Waals surface area contributed by atoms with Crippen LogP contribution in [-0.4, -0.2) is 15.9 Å². The van der Waals surface area contributed by atoms with E-state index in [1.54, 1.807) is 60.9 Å². The lowest BCUT2D eigenvalue weighted by atomic mass is 10.2. The highest BCUT2D eigenvalue weighted by Crippen LogP contribution is 2.25. The van der Waals surface area contributed by atoms with Crippen molar-refractivity contribution in [2.75, 3.05) is 5.32 Å². The summed E-state index contributed by atoms with van der Waals surface area (Å²) in [5, 5.41) is 2.89. The number of hydrogen-bond donors (Lipinski definition) is 1. The number of nitrogens with one attached hydrogen (secondary N) is 1. The van der Waals surface area contributed by atoms with Crippen molar-refractivity contribution in [3.8, 4) is 11.5 Å². The van der Waals surface area contributed by atoms with Crippen LogP contribution in [0.3, 0.4) is 0 Å². The number of carbonyl (C=O) groups excluding carboxylic acids is 1. The molecule has 0 saturated carbocycles. The van der Waals surface area contributed by atoms with Gasteiger partial charge in [-0.3, -0.25) is 9.78 Å². The van der Waals surface area contributed by atoms with Crippen molar-refractivity contribution >= 4 is 22.7 Å². The van der Waals surface area contributed by atoms with Crippen LogP contribution in [0.4, 0.5) is 5.69 Å². The van der Waals surface area contributed by atoms with Crippen LogP contribution in [0.15, 0.2) is 71.4 Å². The minimum absolute atomic E-state index is 0.202. The van der Waals surface area contributed by atoms with Crippen molar-refractivity contribution in [2.24, 2.45) is 0 Å². The van der Waals surface area contributed by atoms with E-state index >= 15 is 0 Å². The Morgan fingerprint density at radius 3 is 2.64 bits per heavy atom. The zero-order chi connectivity index (χ0) is 19.5. The zero-order valence-electron chi connectivity index (χ0n) is 15.5. The number of pyridine rings is 1. The number of aromatic nitrogens is 2. The van der Waals surface area contributed by atoms with Crippen molar-refractivity contribution < 1.29 is 13.9 Å². The van der Waals surface area contributed by atoms with Gasteiger partial charge in [0.2, 0.25) is 0 Å². The molecule has 0 saturated heterocycles. The van der Waals surface area contributed by atoms with Gasteiger partial charge in [0.25, 0.3) is 5.91 Å². The number of hydrogen-bond acceptors (Lipinski definition) is 5. The second kappa shape index (κ2) is 7.52. The number of rotatable bonds is 5. The predicted octanol–water partition coefficient (Wildman–Crippen LogP) is 5.39. The molecule has 0 unspecified atom stereocenters. The normalized spacial score (nSPS) is 11.0. The molecule has 6 nitrogen and oxygen atoms in total. The molecule has 0 aliphatic heterocycles. The van der Waals surface area contributed by atoms with Crippen molar-refractivity contribution in [3.05, 3.63) is 78.4 Å². The summed E-state index contributed by atoms with van der Waals surface area (Å²) >= 11 is 0. The first kappa shape index (κ1) is 17.7. The van der Waals surface area contributed by atoms with E-state index in [4.69, 9.17) is 9.15 Å². The molecule has 2 aromatic carbocycles. The first-order valence-electron chi connectivity index (χ1n) is 8.98. The van der Waals surface area contributed by atoms with Crippen LogP contribution in [0.2, 0.25) is 0 Å². The molecule has 4 aromatic rings. The fourth-order valence-electron chi connectivity index (χ4n) is 2.72. The minimum Gasteiger partial charge on any atom is -0.457 e. The lowest BCUT2D eigenvalue weighted by Crippen LogP contribution is -2.11. The van der Waals surface area contributed by atoms with Crippen LogP contribution >= 0.6 is 0 Å². The number of amides is 1. The number of ether oxygens (including phenoxy) is 1. The Morgan fingerprint density at radius 2 is 1.86 bits per heavy atom. The molecule has 4 rings (SSSR count). The summed E-state index contributed by atoms with van der Waals surface area (Å²) in [4.78, 5) is 21.1. The van der Waals surface area contributed by atoms with Crippen molar-refractivity contribution in [2.45, 2.75) is 19.8 Å². The van der Waals surface area contributed by atoms with Gasteiger partial charge in [0.1, 0.15) is 17.0 Å². The molecular weight excluding hydrogens is 354 g/mol. The van der Waals surface area contributed by atoms with Crippen LogP contribution in [0.25, 0.3) is 11.1 Å². The number of anilines is 1. The molecule has 6 heteroatoms. The molecule has 140 valence electrons. The van der Waals surface area contributed by atoms with Gasteiger partial charge in [0, 0.05) is 29.6 Å².